The zero-order chi connectivity index (χ0) is 21.3. The number of rotatable bonds is 5. The van der Waals surface area contributed by atoms with Crippen LogP contribution in [0.15, 0.2) is 66.7 Å². The van der Waals surface area contributed by atoms with Crippen LogP contribution in [0.2, 0.25) is 10.0 Å². The van der Waals surface area contributed by atoms with Gasteiger partial charge in [0.15, 0.2) is 0 Å². The van der Waals surface area contributed by atoms with Crippen LogP contribution in [-0.2, 0) is 0 Å². The van der Waals surface area contributed by atoms with Crippen molar-refractivity contribution in [3.05, 3.63) is 82.3 Å². The molecule has 4 nitrogen and oxygen atoms in total. The second-order valence-electron chi connectivity index (χ2n) is 6.81. The van der Waals surface area contributed by atoms with E-state index in [0.717, 1.165) is 39.6 Å². The number of methoxy groups -OCH3 is 2. The number of halogens is 2. The van der Waals surface area contributed by atoms with Gasteiger partial charge in [0.05, 0.1) is 30.6 Å². The minimum Gasteiger partial charge on any atom is -0.497 e. The lowest BCUT2D eigenvalue weighted by atomic mass is 10.1. The van der Waals surface area contributed by atoms with Crippen molar-refractivity contribution < 1.29 is 9.47 Å². The van der Waals surface area contributed by atoms with Crippen LogP contribution < -0.4 is 9.47 Å². The largest absolute Gasteiger partial charge is 0.497 e. The normalized spacial score (nSPS) is 10.8. The summed E-state index contributed by atoms with van der Waals surface area (Å²) in [5.74, 6) is 1.55. The van der Waals surface area contributed by atoms with Crippen molar-refractivity contribution in [3.8, 4) is 39.7 Å². The van der Waals surface area contributed by atoms with Gasteiger partial charge in [-0.1, -0.05) is 29.3 Å². The Labute approximate surface area is 185 Å². The van der Waals surface area contributed by atoms with Gasteiger partial charge >= 0.3 is 0 Å². The molecule has 0 spiro atoms. The molecule has 0 amide bonds. The van der Waals surface area contributed by atoms with Gasteiger partial charge in [0.25, 0.3) is 0 Å². The molecule has 0 bridgehead atoms. The standard InChI is InChI=1S/C24H20Cl2N2O2/c1-15-4-9-18(14-21(15)25)28-24(17-7-12-20(30-3)13-8-17)22(26)23(27-28)16-5-10-19(29-2)11-6-16/h4-14H,1-3H3. The third kappa shape index (κ3) is 3.76. The molecule has 152 valence electrons. The number of aromatic nitrogens is 2. The molecule has 0 saturated carbocycles. The smallest absolute Gasteiger partial charge is 0.118 e. The number of hydrogen-bond donors (Lipinski definition) is 0. The van der Waals surface area contributed by atoms with Gasteiger partial charge in [-0.3, -0.25) is 0 Å². The van der Waals surface area contributed by atoms with Crippen LogP contribution in [0.1, 0.15) is 5.56 Å². The molecule has 1 heterocycles. The Morgan fingerprint density at radius 3 is 1.87 bits per heavy atom. The van der Waals surface area contributed by atoms with Crippen molar-refractivity contribution in [3.63, 3.8) is 0 Å². The maximum atomic E-state index is 6.89. The maximum absolute atomic E-state index is 6.89. The molecule has 6 heteroatoms. The highest BCUT2D eigenvalue weighted by molar-refractivity contribution is 6.35. The highest BCUT2D eigenvalue weighted by Gasteiger charge is 2.21. The zero-order valence-corrected chi connectivity index (χ0v) is 18.3. The molecule has 0 unspecified atom stereocenters. The molecule has 0 saturated heterocycles. The summed E-state index contributed by atoms with van der Waals surface area (Å²) in [6.07, 6.45) is 0. The van der Waals surface area contributed by atoms with Crippen molar-refractivity contribution >= 4 is 23.2 Å². The summed E-state index contributed by atoms with van der Waals surface area (Å²) in [6, 6.07) is 21.2. The molecule has 4 rings (SSSR count). The SMILES string of the molecule is COc1ccc(-c2nn(-c3ccc(C)c(Cl)c3)c(-c3ccc(OC)cc3)c2Cl)cc1. The molecule has 0 aliphatic heterocycles. The third-order valence-electron chi connectivity index (χ3n) is 4.95. The van der Waals surface area contributed by atoms with Crippen molar-refractivity contribution in [2.75, 3.05) is 14.2 Å². The van der Waals surface area contributed by atoms with Crippen LogP contribution in [0, 0.1) is 6.92 Å². The van der Waals surface area contributed by atoms with Crippen LogP contribution in [0.25, 0.3) is 28.2 Å². The minimum atomic E-state index is 0.557. The molecule has 4 aromatic rings. The molecule has 3 aromatic carbocycles. The summed E-state index contributed by atoms with van der Waals surface area (Å²) in [7, 11) is 3.28. The monoisotopic (exact) mass is 438 g/mol. The Balaban J connectivity index is 1.92. The first-order valence-corrected chi connectivity index (χ1v) is 10.1. The van der Waals surface area contributed by atoms with E-state index >= 15 is 0 Å². The number of ether oxygens (including phenoxy) is 2. The minimum absolute atomic E-state index is 0.557. The van der Waals surface area contributed by atoms with E-state index in [1.807, 2.05) is 78.3 Å². The lowest BCUT2D eigenvalue weighted by molar-refractivity contribution is 0.414. The van der Waals surface area contributed by atoms with E-state index in [1.54, 1.807) is 14.2 Å². The van der Waals surface area contributed by atoms with E-state index in [-0.39, 0.29) is 0 Å². The third-order valence-corrected chi connectivity index (χ3v) is 5.72. The van der Waals surface area contributed by atoms with Gasteiger partial charge in [0.2, 0.25) is 0 Å². The number of aryl methyl sites for hydroxylation is 1. The number of hydrogen-bond acceptors (Lipinski definition) is 3. The second kappa shape index (κ2) is 8.42. The Morgan fingerprint density at radius 2 is 1.33 bits per heavy atom. The second-order valence-corrected chi connectivity index (χ2v) is 7.60. The lowest BCUT2D eigenvalue weighted by Crippen LogP contribution is -2.00. The lowest BCUT2D eigenvalue weighted by Gasteiger charge is -2.10. The molecule has 1 aromatic heterocycles. The van der Waals surface area contributed by atoms with E-state index in [0.29, 0.717) is 15.7 Å². The van der Waals surface area contributed by atoms with Crippen LogP contribution in [0.3, 0.4) is 0 Å². The molecule has 0 fully saturated rings. The van der Waals surface area contributed by atoms with Gasteiger partial charge in [-0.25, -0.2) is 4.68 Å². The topological polar surface area (TPSA) is 36.3 Å². The Bertz CT molecular complexity index is 1180. The first kappa shape index (κ1) is 20.3. The van der Waals surface area contributed by atoms with Crippen molar-refractivity contribution in [1.82, 2.24) is 9.78 Å². The van der Waals surface area contributed by atoms with Gasteiger partial charge in [0, 0.05) is 16.1 Å². The highest BCUT2D eigenvalue weighted by atomic mass is 35.5. The van der Waals surface area contributed by atoms with Crippen molar-refractivity contribution in [2.45, 2.75) is 6.92 Å². The van der Waals surface area contributed by atoms with E-state index in [9.17, 15) is 0 Å². The fourth-order valence-electron chi connectivity index (χ4n) is 3.23. The van der Waals surface area contributed by atoms with Crippen molar-refractivity contribution in [1.29, 1.82) is 0 Å². The summed E-state index contributed by atoms with van der Waals surface area (Å²) in [6.45, 7) is 1.97. The van der Waals surface area contributed by atoms with Crippen molar-refractivity contribution in [2.24, 2.45) is 0 Å². The van der Waals surface area contributed by atoms with Crippen LogP contribution >= 0.6 is 23.2 Å². The molecule has 0 radical (unpaired) electrons. The predicted molar refractivity (Wildman–Crippen MR) is 122 cm³/mol. The molecule has 30 heavy (non-hydrogen) atoms. The highest BCUT2D eigenvalue weighted by Crippen LogP contribution is 2.39. The average molecular weight is 439 g/mol. The van der Waals surface area contributed by atoms with E-state index in [4.69, 9.17) is 37.8 Å². The predicted octanol–water partition coefficient (Wildman–Crippen LogP) is 6.84. The van der Waals surface area contributed by atoms with Gasteiger partial charge in [-0.2, -0.15) is 5.10 Å². The van der Waals surface area contributed by atoms with Crippen LogP contribution in [0.5, 0.6) is 11.5 Å². The Kier molecular flexibility index (Phi) is 5.71. The summed E-state index contributed by atoms with van der Waals surface area (Å²) >= 11 is 13.3. The molecule has 0 N–H and O–H groups in total. The maximum Gasteiger partial charge on any atom is 0.118 e. The average Bonchev–Trinajstić information content (AvgIpc) is 3.12. The van der Waals surface area contributed by atoms with Crippen LogP contribution in [0.4, 0.5) is 0 Å². The van der Waals surface area contributed by atoms with E-state index in [1.165, 1.54) is 0 Å². The van der Waals surface area contributed by atoms with Gasteiger partial charge in [-0.05, 0) is 73.2 Å². The zero-order valence-electron chi connectivity index (χ0n) is 16.8. The summed E-state index contributed by atoms with van der Waals surface area (Å²) in [5, 5.41) is 6.08. The molecule has 0 aliphatic carbocycles. The van der Waals surface area contributed by atoms with Gasteiger partial charge < -0.3 is 9.47 Å². The summed E-state index contributed by atoms with van der Waals surface area (Å²) in [5.41, 5.74) is 5.11. The molecular weight excluding hydrogens is 419 g/mol. The van der Waals surface area contributed by atoms with Gasteiger partial charge in [-0.15, -0.1) is 0 Å². The van der Waals surface area contributed by atoms with E-state index in [2.05, 4.69) is 0 Å². The summed E-state index contributed by atoms with van der Waals surface area (Å²) < 4.78 is 12.4. The number of benzene rings is 3. The fourth-order valence-corrected chi connectivity index (χ4v) is 3.74. The van der Waals surface area contributed by atoms with E-state index < -0.39 is 0 Å². The number of nitrogens with zero attached hydrogens (tertiary/aromatic N) is 2. The molecule has 0 aliphatic rings. The summed E-state index contributed by atoms with van der Waals surface area (Å²) in [4.78, 5) is 0. The first-order chi connectivity index (χ1) is 14.5. The fraction of sp³-hybridized carbons (Fsp3) is 0.125. The molecular formula is C24H20Cl2N2O2. The molecule has 0 atom stereocenters. The first-order valence-electron chi connectivity index (χ1n) is 9.35. The Morgan fingerprint density at radius 1 is 0.767 bits per heavy atom. The van der Waals surface area contributed by atoms with Crippen LogP contribution in [-0.4, -0.2) is 24.0 Å². The van der Waals surface area contributed by atoms with Gasteiger partial charge in [0.1, 0.15) is 17.2 Å². The Hall–Kier alpha value is -2.95. The quantitative estimate of drug-likeness (QED) is 0.342.